The third-order valence-electron chi connectivity index (χ3n) is 3.35. The van der Waals surface area contributed by atoms with Gasteiger partial charge in [-0.05, 0) is 30.3 Å². The number of aliphatic hydroxyl groups excluding tert-OH is 1. The molecule has 20 heavy (non-hydrogen) atoms. The minimum Gasteiger partial charge on any atom is -0.485 e. The number of ether oxygens (including phenoxy) is 1. The summed E-state index contributed by atoms with van der Waals surface area (Å²) in [6, 6.07) is 9.24. The molecule has 0 aromatic heterocycles. The predicted octanol–water partition coefficient (Wildman–Crippen LogP) is 4.69. The zero-order chi connectivity index (χ0) is 14.3. The molecule has 1 N–H and O–H groups in total. The summed E-state index contributed by atoms with van der Waals surface area (Å²) in [7, 11) is 0. The van der Waals surface area contributed by atoms with Gasteiger partial charge in [0.25, 0.3) is 0 Å². The summed E-state index contributed by atoms with van der Waals surface area (Å²) in [5, 5.41) is 11.2. The fourth-order valence-corrected chi connectivity index (χ4v) is 2.90. The van der Waals surface area contributed by atoms with Crippen LogP contribution in [0.2, 0.25) is 10.0 Å². The third kappa shape index (κ3) is 2.49. The van der Waals surface area contributed by atoms with Crippen molar-refractivity contribution in [3.05, 3.63) is 63.4 Å². The van der Waals surface area contributed by atoms with Crippen LogP contribution in [0.3, 0.4) is 0 Å². The van der Waals surface area contributed by atoms with E-state index in [1.54, 1.807) is 18.2 Å². The van der Waals surface area contributed by atoms with E-state index in [1.807, 2.05) is 0 Å². The lowest BCUT2D eigenvalue weighted by atomic mass is 9.95. The molecule has 0 bridgehead atoms. The maximum absolute atomic E-state index is 13.2. The Hall–Kier alpha value is -1.29. The van der Waals surface area contributed by atoms with Crippen LogP contribution < -0.4 is 4.74 Å². The summed E-state index contributed by atoms with van der Waals surface area (Å²) in [5.41, 5.74) is 1.22. The van der Waals surface area contributed by atoms with Crippen molar-refractivity contribution in [3.8, 4) is 5.75 Å². The molecule has 2 aromatic rings. The van der Waals surface area contributed by atoms with Gasteiger partial charge in [-0.25, -0.2) is 4.39 Å². The monoisotopic (exact) mass is 312 g/mol. The number of benzene rings is 2. The standard InChI is InChI=1S/C15H11Cl2FO2/c16-8-1-3-10(12(17)5-8)15-7-13(19)11-6-9(18)2-4-14(11)20-15/h1-6,13,15,19H,7H2/t13-,15?/m1/s1. The number of hydrogen-bond donors (Lipinski definition) is 1. The quantitative estimate of drug-likeness (QED) is 0.827. The van der Waals surface area contributed by atoms with Crippen molar-refractivity contribution >= 4 is 23.2 Å². The van der Waals surface area contributed by atoms with Crippen molar-refractivity contribution in [3.63, 3.8) is 0 Å². The Bertz CT molecular complexity index is 660. The molecule has 2 nitrogen and oxygen atoms in total. The molecule has 1 aliphatic rings. The van der Waals surface area contributed by atoms with Gasteiger partial charge in [0.2, 0.25) is 0 Å². The molecule has 1 aliphatic heterocycles. The van der Waals surface area contributed by atoms with E-state index in [1.165, 1.54) is 18.2 Å². The summed E-state index contributed by atoms with van der Waals surface area (Å²) >= 11 is 12.0. The summed E-state index contributed by atoms with van der Waals surface area (Å²) in [6.07, 6.45) is -0.850. The van der Waals surface area contributed by atoms with Gasteiger partial charge >= 0.3 is 0 Å². The van der Waals surface area contributed by atoms with Gasteiger partial charge in [-0.3, -0.25) is 0 Å². The van der Waals surface area contributed by atoms with Gasteiger partial charge < -0.3 is 9.84 Å². The number of fused-ring (bicyclic) bond motifs is 1. The van der Waals surface area contributed by atoms with Crippen molar-refractivity contribution in [2.45, 2.75) is 18.6 Å². The predicted molar refractivity (Wildman–Crippen MR) is 75.8 cm³/mol. The topological polar surface area (TPSA) is 29.5 Å². The fraction of sp³-hybridized carbons (Fsp3) is 0.200. The summed E-state index contributed by atoms with van der Waals surface area (Å²) in [6.45, 7) is 0. The maximum atomic E-state index is 13.2. The van der Waals surface area contributed by atoms with Crippen LogP contribution in [0, 0.1) is 5.82 Å². The highest BCUT2D eigenvalue weighted by Gasteiger charge is 2.29. The number of rotatable bonds is 1. The molecule has 0 spiro atoms. The zero-order valence-corrected chi connectivity index (χ0v) is 11.8. The summed E-state index contributed by atoms with van der Waals surface area (Å²) < 4.78 is 19.0. The van der Waals surface area contributed by atoms with Crippen molar-refractivity contribution in [1.82, 2.24) is 0 Å². The van der Waals surface area contributed by atoms with Crippen LogP contribution in [0.5, 0.6) is 5.75 Å². The molecule has 0 aliphatic carbocycles. The Morgan fingerprint density at radius 3 is 2.65 bits per heavy atom. The molecule has 5 heteroatoms. The van der Waals surface area contributed by atoms with Crippen molar-refractivity contribution in [1.29, 1.82) is 0 Å². The average molecular weight is 313 g/mol. The first kappa shape index (κ1) is 13.7. The smallest absolute Gasteiger partial charge is 0.128 e. The molecule has 2 aromatic carbocycles. The Morgan fingerprint density at radius 2 is 1.90 bits per heavy atom. The molecule has 0 amide bonds. The van der Waals surface area contributed by atoms with E-state index < -0.39 is 11.9 Å². The van der Waals surface area contributed by atoms with Crippen LogP contribution >= 0.6 is 23.2 Å². The third-order valence-corrected chi connectivity index (χ3v) is 3.91. The van der Waals surface area contributed by atoms with Gasteiger partial charge in [-0.1, -0.05) is 29.3 Å². The highest BCUT2D eigenvalue weighted by atomic mass is 35.5. The van der Waals surface area contributed by atoms with E-state index in [-0.39, 0.29) is 6.10 Å². The highest BCUT2D eigenvalue weighted by molar-refractivity contribution is 6.35. The molecule has 1 unspecified atom stereocenters. The molecule has 3 rings (SSSR count). The molecule has 104 valence electrons. The first-order valence-electron chi connectivity index (χ1n) is 6.13. The van der Waals surface area contributed by atoms with Crippen LogP contribution in [0.15, 0.2) is 36.4 Å². The molecule has 0 radical (unpaired) electrons. The van der Waals surface area contributed by atoms with Crippen LogP contribution in [-0.4, -0.2) is 5.11 Å². The molecule has 0 fully saturated rings. The maximum Gasteiger partial charge on any atom is 0.128 e. The van der Waals surface area contributed by atoms with Crippen molar-refractivity contribution in [2.24, 2.45) is 0 Å². The second-order valence-corrected chi connectivity index (χ2v) is 5.55. The SMILES string of the molecule is O[C@@H]1CC(c2ccc(Cl)cc2Cl)Oc2ccc(F)cc21. The van der Waals surface area contributed by atoms with Gasteiger partial charge in [0, 0.05) is 27.6 Å². The zero-order valence-electron chi connectivity index (χ0n) is 10.3. The van der Waals surface area contributed by atoms with Crippen LogP contribution in [0.4, 0.5) is 4.39 Å². The highest BCUT2D eigenvalue weighted by Crippen LogP contribution is 2.42. The number of halogens is 3. The van der Waals surface area contributed by atoms with Crippen LogP contribution in [0.25, 0.3) is 0 Å². The first-order valence-corrected chi connectivity index (χ1v) is 6.89. The van der Waals surface area contributed by atoms with E-state index in [0.29, 0.717) is 27.8 Å². The summed E-state index contributed by atoms with van der Waals surface area (Å²) in [4.78, 5) is 0. The lowest BCUT2D eigenvalue weighted by Gasteiger charge is -2.30. The second kappa shape index (κ2) is 5.24. The molecule has 2 atom stereocenters. The van der Waals surface area contributed by atoms with Gasteiger partial charge in [0.05, 0.1) is 6.10 Å². The first-order chi connectivity index (χ1) is 9.54. The van der Waals surface area contributed by atoms with E-state index in [4.69, 9.17) is 27.9 Å². The van der Waals surface area contributed by atoms with Gasteiger partial charge in [0.1, 0.15) is 17.7 Å². The number of hydrogen-bond acceptors (Lipinski definition) is 2. The lowest BCUT2D eigenvalue weighted by molar-refractivity contribution is 0.0654. The minimum atomic E-state index is -0.786. The molecular weight excluding hydrogens is 302 g/mol. The van der Waals surface area contributed by atoms with Gasteiger partial charge in [-0.15, -0.1) is 0 Å². The Kier molecular flexibility index (Phi) is 3.59. The van der Waals surface area contributed by atoms with Crippen molar-refractivity contribution in [2.75, 3.05) is 0 Å². The van der Waals surface area contributed by atoms with E-state index in [9.17, 15) is 9.50 Å². The van der Waals surface area contributed by atoms with Crippen LogP contribution in [-0.2, 0) is 0 Å². The molecule has 0 saturated heterocycles. The van der Waals surface area contributed by atoms with Gasteiger partial charge in [0.15, 0.2) is 0 Å². The lowest BCUT2D eigenvalue weighted by Crippen LogP contribution is -2.19. The Morgan fingerprint density at radius 1 is 1.10 bits per heavy atom. The largest absolute Gasteiger partial charge is 0.485 e. The summed E-state index contributed by atoms with van der Waals surface area (Å²) in [5.74, 6) is 0.0792. The van der Waals surface area contributed by atoms with Crippen molar-refractivity contribution < 1.29 is 14.2 Å². The minimum absolute atomic E-state index is 0.317. The van der Waals surface area contributed by atoms with Gasteiger partial charge in [-0.2, -0.15) is 0 Å². The van der Waals surface area contributed by atoms with E-state index in [0.717, 1.165) is 5.56 Å². The van der Waals surface area contributed by atoms with E-state index >= 15 is 0 Å². The molecule has 0 saturated carbocycles. The normalized spacial score (nSPS) is 21.2. The van der Waals surface area contributed by atoms with E-state index in [2.05, 4.69) is 0 Å². The Balaban J connectivity index is 1.97. The average Bonchev–Trinajstić information content (AvgIpc) is 2.39. The Labute approximate surface area is 125 Å². The molecule has 1 heterocycles. The fourth-order valence-electron chi connectivity index (χ4n) is 2.37. The second-order valence-electron chi connectivity index (χ2n) is 4.71. The van der Waals surface area contributed by atoms with Crippen LogP contribution in [0.1, 0.15) is 29.8 Å². The molecular formula is C15H11Cl2FO2. The number of aliphatic hydroxyl groups is 1.